The quantitative estimate of drug-likeness (QED) is 0.375. The Kier molecular flexibility index (Phi) is 4.88. The second-order valence-corrected chi connectivity index (χ2v) is 6.12. The lowest BCUT2D eigenvalue weighted by molar-refractivity contribution is 0.149. The van der Waals surface area contributed by atoms with E-state index in [9.17, 15) is 0 Å². The molecule has 6 nitrogen and oxygen atoms in total. The van der Waals surface area contributed by atoms with Crippen molar-refractivity contribution >= 4 is 5.84 Å². The van der Waals surface area contributed by atoms with E-state index < -0.39 is 0 Å². The molecule has 2 heterocycles. The number of likely N-dealkylation sites (tertiary alicyclic amines) is 1. The number of hydrogen-bond donors (Lipinski definition) is 2. The second-order valence-electron chi connectivity index (χ2n) is 6.12. The summed E-state index contributed by atoms with van der Waals surface area (Å²) in [6, 6.07) is 2.21. The van der Waals surface area contributed by atoms with E-state index in [0.29, 0.717) is 5.84 Å². The number of piperidine rings is 1. The summed E-state index contributed by atoms with van der Waals surface area (Å²) in [4.78, 5) is 2.43. The zero-order valence-electron chi connectivity index (χ0n) is 13.3. The predicted molar refractivity (Wildman–Crippen MR) is 83.3 cm³/mol. The standard InChI is InChI=1S/C15H27N5O/c1-4-12-10-13(20(5-2)17-12)11-19-8-6-15(3,7-9-19)14(16)18-21/h10,21H,4-9,11H2,1-3H3,(H2,16,18). The number of rotatable bonds is 5. The number of nitrogens with zero attached hydrogens (tertiary/aromatic N) is 4. The van der Waals surface area contributed by atoms with Crippen LogP contribution in [0.5, 0.6) is 0 Å². The second kappa shape index (κ2) is 6.47. The lowest BCUT2D eigenvalue weighted by Crippen LogP contribution is -2.45. The van der Waals surface area contributed by atoms with Gasteiger partial charge in [-0.2, -0.15) is 5.10 Å². The lowest BCUT2D eigenvalue weighted by atomic mass is 9.79. The molecule has 0 unspecified atom stereocenters. The van der Waals surface area contributed by atoms with Crippen LogP contribution in [-0.2, 0) is 19.5 Å². The van der Waals surface area contributed by atoms with Crippen molar-refractivity contribution in [3.05, 3.63) is 17.5 Å². The van der Waals surface area contributed by atoms with Crippen molar-refractivity contribution in [2.75, 3.05) is 13.1 Å². The third-order valence-electron chi connectivity index (χ3n) is 4.65. The first-order chi connectivity index (χ1) is 10.0. The first-order valence-electron chi connectivity index (χ1n) is 7.78. The van der Waals surface area contributed by atoms with Crippen molar-refractivity contribution in [1.82, 2.24) is 14.7 Å². The predicted octanol–water partition coefficient (Wildman–Crippen LogP) is 1.81. The fraction of sp³-hybridized carbons (Fsp3) is 0.733. The first kappa shape index (κ1) is 15.8. The molecule has 6 heteroatoms. The highest BCUT2D eigenvalue weighted by Crippen LogP contribution is 2.31. The van der Waals surface area contributed by atoms with Gasteiger partial charge in [0.05, 0.1) is 11.4 Å². The molecular formula is C15H27N5O. The Morgan fingerprint density at radius 3 is 2.62 bits per heavy atom. The van der Waals surface area contributed by atoms with Gasteiger partial charge in [0.15, 0.2) is 0 Å². The van der Waals surface area contributed by atoms with E-state index in [1.165, 1.54) is 5.69 Å². The minimum atomic E-state index is -0.176. The number of amidine groups is 1. The van der Waals surface area contributed by atoms with Gasteiger partial charge in [-0.25, -0.2) is 0 Å². The van der Waals surface area contributed by atoms with Gasteiger partial charge < -0.3 is 10.9 Å². The molecule has 118 valence electrons. The highest BCUT2D eigenvalue weighted by molar-refractivity contribution is 5.85. The summed E-state index contributed by atoms with van der Waals surface area (Å²) in [5.41, 5.74) is 8.08. The normalized spacial score (nSPS) is 19.9. The molecule has 0 radical (unpaired) electrons. The average Bonchev–Trinajstić information content (AvgIpc) is 2.91. The van der Waals surface area contributed by atoms with Crippen LogP contribution in [0.15, 0.2) is 11.2 Å². The Balaban J connectivity index is 1.99. The fourth-order valence-electron chi connectivity index (χ4n) is 2.90. The molecular weight excluding hydrogens is 266 g/mol. The molecule has 1 aromatic rings. The van der Waals surface area contributed by atoms with E-state index in [4.69, 9.17) is 10.9 Å². The van der Waals surface area contributed by atoms with Gasteiger partial charge >= 0.3 is 0 Å². The molecule has 1 aliphatic rings. The number of oxime groups is 1. The minimum Gasteiger partial charge on any atom is -0.409 e. The zero-order chi connectivity index (χ0) is 15.5. The summed E-state index contributed by atoms with van der Waals surface area (Å²) in [6.45, 7) is 10.1. The van der Waals surface area contributed by atoms with Crippen LogP contribution in [0.2, 0.25) is 0 Å². The van der Waals surface area contributed by atoms with Crippen molar-refractivity contribution in [1.29, 1.82) is 0 Å². The van der Waals surface area contributed by atoms with Crippen LogP contribution in [0.3, 0.4) is 0 Å². The molecule has 0 spiro atoms. The van der Waals surface area contributed by atoms with Crippen LogP contribution in [0.1, 0.15) is 45.0 Å². The SMILES string of the molecule is CCc1cc(CN2CCC(C)(/C(N)=N/O)CC2)n(CC)n1. The van der Waals surface area contributed by atoms with Gasteiger partial charge in [-0.3, -0.25) is 9.58 Å². The van der Waals surface area contributed by atoms with E-state index in [2.05, 4.69) is 46.7 Å². The molecule has 1 aromatic heterocycles. The van der Waals surface area contributed by atoms with Crippen LogP contribution in [0.4, 0.5) is 0 Å². The van der Waals surface area contributed by atoms with E-state index in [1.807, 2.05) is 0 Å². The highest BCUT2D eigenvalue weighted by atomic mass is 16.4. The number of aryl methyl sites for hydroxylation is 2. The van der Waals surface area contributed by atoms with Crippen LogP contribution in [0, 0.1) is 5.41 Å². The molecule has 0 amide bonds. The molecule has 1 fully saturated rings. The zero-order valence-corrected chi connectivity index (χ0v) is 13.3. The summed E-state index contributed by atoms with van der Waals surface area (Å²) >= 11 is 0. The monoisotopic (exact) mass is 293 g/mol. The Labute approximate surface area is 126 Å². The Morgan fingerprint density at radius 2 is 2.10 bits per heavy atom. The van der Waals surface area contributed by atoms with E-state index >= 15 is 0 Å². The first-order valence-corrected chi connectivity index (χ1v) is 7.78. The Hall–Kier alpha value is -1.56. The molecule has 0 saturated carbocycles. The summed E-state index contributed by atoms with van der Waals surface area (Å²) in [7, 11) is 0. The molecule has 0 aromatic carbocycles. The topological polar surface area (TPSA) is 79.7 Å². The maximum Gasteiger partial charge on any atom is 0.145 e. The maximum absolute atomic E-state index is 8.89. The molecule has 3 N–H and O–H groups in total. The average molecular weight is 293 g/mol. The molecule has 21 heavy (non-hydrogen) atoms. The van der Waals surface area contributed by atoms with E-state index in [1.54, 1.807) is 0 Å². The van der Waals surface area contributed by atoms with Gasteiger partial charge in [-0.15, -0.1) is 0 Å². The summed E-state index contributed by atoms with van der Waals surface area (Å²) < 4.78 is 2.09. The van der Waals surface area contributed by atoms with Crippen molar-refractivity contribution in [3.63, 3.8) is 0 Å². The summed E-state index contributed by atoms with van der Waals surface area (Å²) in [5, 5.41) is 16.7. The molecule has 1 saturated heterocycles. The van der Waals surface area contributed by atoms with Gasteiger partial charge in [-0.1, -0.05) is 19.0 Å². The minimum absolute atomic E-state index is 0.176. The molecule has 0 bridgehead atoms. The maximum atomic E-state index is 8.89. The summed E-state index contributed by atoms with van der Waals surface area (Å²) in [5.74, 6) is 0.356. The van der Waals surface area contributed by atoms with Gasteiger partial charge in [0.25, 0.3) is 0 Å². The van der Waals surface area contributed by atoms with Crippen LogP contribution in [0.25, 0.3) is 0 Å². The third kappa shape index (κ3) is 3.37. The third-order valence-corrected chi connectivity index (χ3v) is 4.65. The molecule has 2 rings (SSSR count). The molecule has 0 aliphatic carbocycles. The fourth-order valence-corrected chi connectivity index (χ4v) is 2.90. The summed E-state index contributed by atoms with van der Waals surface area (Å²) in [6.07, 6.45) is 2.81. The van der Waals surface area contributed by atoms with Crippen molar-refractivity contribution in [3.8, 4) is 0 Å². The Morgan fingerprint density at radius 1 is 1.43 bits per heavy atom. The van der Waals surface area contributed by atoms with Crippen molar-refractivity contribution < 1.29 is 5.21 Å². The number of aromatic nitrogens is 2. The van der Waals surface area contributed by atoms with Gasteiger partial charge in [0.2, 0.25) is 0 Å². The lowest BCUT2D eigenvalue weighted by Gasteiger charge is -2.38. The van der Waals surface area contributed by atoms with E-state index in [-0.39, 0.29) is 5.41 Å². The van der Waals surface area contributed by atoms with Crippen molar-refractivity contribution in [2.45, 2.75) is 53.1 Å². The van der Waals surface area contributed by atoms with Crippen LogP contribution in [-0.4, -0.2) is 38.8 Å². The van der Waals surface area contributed by atoms with Crippen LogP contribution < -0.4 is 5.73 Å². The smallest absolute Gasteiger partial charge is 0.145 e. The van der Waals surface area contributed by atoms with Gasteiger partial charge in [0, 0.05) is 18.5 Å². The van der Waals surface area contributed by atoms with Gasteiger partial charge in [-0.05, 0) is 45.3 Å². The van der Waals surface area contributed by atoms with E-state index in [0.717, 1.165) is 51.1 Å². The number of nitrogens with two attached hydrogens (primary N) is 1. The Bertz CT molecular complexity index is 500. The van der Waals surface area contributed by atoms with Gasteiger partial charge in [0.1, 0.15) is 5.84 Å². The molecule has 1 aliphatic heterocycles. The largest absolute Gasteiger partial charge is 0.409 e. The number of hydrogen-bond acceptors (Lipinski definition) is 4. The molecule has 0 atom stereocenters. The van der Waals surface area contributed by atoms with Crippen molar-refractivity contribution in [2.24, 2.45) is 16.3 Å². The highest BCUT2D eigenvalue weighted by Gasteiger charge is 2.34. The van der Waals surface area contributed by atoms with Crippen LogP contribution >= 0.6 is 0 Å².